The summed E-state index contributed by atoms with van der Waals surface area (Å²) in [6.45, 7) is 7.02. The fourth-order valence-electron chi connectivity index (χ4n) is 5.97. The number of hydrogen-bond acceptors (Lipinski definition) is 5. The van der Waals surface area contributed by atoms with Crippen molar-refractivity contribution in [3.63, 3.8) is 0 Å². The van der Waals surface area contributed by atoms with Gasteiger partial charge in [-0.25, -0.2) is 9.97 Å². The SMILES string of the molecule is Cc1ccc(C2(c3ccc(OCc4ccnc(N5CC6(CCNCC6)C5)n4)cc3)CCC2)cc1. The number of rotatable bonds is 6. The van der Waals surface area contributed by atoms with E-state index in [4.69, 9.17) is 9.72 Å². The molecule has 1 N–H and O–H groups in total. The van der Waals surface area contributed by atoms with Gasteiger partial charge in [-0.3, -0.25) is 0 Å². The number of hydrogen-bond donors (Lipinski definition) is 1. The van der Waals surface area contributed by atoms with Crippen LogP contribution in [0.3, 0.4) is 0 Å². The van der Waals surface area contributed by atoms with Crippen molar-refractivity contribution >= 4 is 5.95 Å². The predicted molar refractivity (Wildman–Crippen MR) is 135 cm³/mol. The number of aromatic nitrogens is 2. The summed E-state index contributed by atoms with van der Waals surface area (Å²) in [5.74, 6) is 1.73. The molecule has 2 aromatic carbocycles. The molecule has 1 saturated carbocycles. The van der Waals surface area contributed by atoms with Crippen LogP contribution in [0.1, 0.15) is 54.5 Å². The monoisotopic (exact) mass is 454 g/mol. The van der Waals surface area contributed by atoms with Crippen LogP contribution in [-0.4, -0.2) is 36.1 Å². The molecule has 0 bridgehead atoms. The number of anilines is 1. The highest BCUT2D eigenvalue weighted by atomic mass is 16.5. The van der Waals surface area contributed by atoms with Crippen molar-refractivity contribution in [2.75, 3.05) is 31.1 Å². The van der Waals surface area contributed by atoms with Crippen molar-refractivity contribution in [1.82, 2.24) is 15.3 Å². The molecular weight excluding hydrogens is 420 g/mol. The van der Waals surface area contributed by atoms with Gasteiger partial charge in [0.25, 0.3) is 0 Å². The second-order valence-electron chi connectivity index (χ2n) is 10.6. The molecule has 3 aromatic rings. The average Bonchev–Trinajstić information content (AvgIpc) is 2.83. The lowest BCUT2D eigenvalue weighted by molar-refractivity contribution is 0.148. The lowest BCUT2D eigenvalue weighted by Gasteiger charge is -2.52. The van der Waals surface area contributed by atoms with Gasteiger partial charge in [-0.15, -0.1) is 0 Å². The Balaban J connectivity index is 1.09. The largest absolute Gasteiger partial charge is 0.487 e. The molecule has 2 aliphatic heterocycles. The van der Waals surface area contributed by atoms with Gasteiger partial charge in [-0.05, 0) is 75.0 Å². The summed E-state index contributed by atoms with van der Waals surface area (Å²) in [6.07, 6.45) is 8.10. The maximum Gasteiger partial charge on any atom is 0.225 e. The van der Waals surface area contributed by atoms with E-state index in [1.54, 1.807) is 0 Å². The van der Waals surface area contributed by atoms with Gasteiger partial charge >= 0.3 is 0 Å². The fourth-order valence-corrected chi connectivity index (χ4v) is 5.97. The molecule has 1 aliphatic carbocycles. The van der Waals surface area contributed by atoms with Crippen molar-refractivity contribution < 1.29 is 4.74 Å². The van der Waals surface area contributed by atoms with Crippen molar-refractivity contribution in [2.24, 2.45) is 5.41 Å². The minimum atomic E-state index is 0.163. The maximum atomic E-state index is 6.11. The van der Waals surface area contributed by atoms with Crippen LogP contribution in [0, 0.1) is 12.3 Å². The van der Waals surface area contributed by atoms with E-state index in [9.17, 15) is 0 Å². The minimum absolute atomic E-state index is 0.163. The zero-order valence-electron chi connectivity index (χ0n) is 20.1. The van der Waals surface area contributed by atoms with Crippen LogP contribution in [0.15, 0.2) is 60.8 Å². The summed E-state index contributed by atoms with van der Waals surface area (Å²) in [4.78, 5) is 11.6. The van der Waals surface area contributed by atoms with Gasteiger partial charge in [0.05, 0.1) is 5.69 Å². The lowest BCUT2D eigenvalue weighted by Crippen LogP contribution is -2.60. The summed E-state index contributed by atoms with van der Waals surface area (Å²) in [6, 6.07) is 19.7. The number of piperidine rings is 1. The van der Waals surface area contributed by atoms with Gasteiger partial charge in [0.15, 0.2) is 0 Å². The van der Waals surface area contributed by atoms with Gasteiger partial charge < -0.3 is 15.0 Å². The Bertz CT molecular complexity index is 1120. The second-order valence-corrected chi connectivity index (χ2v) is 10.6. The molecule has 3 heterocycles. The first-order valence-electron chi connectivity index (χ1n) is 12.7. The number of ether oxygens (including phenoxy) is 1. The zero-order valence-corrected chi connectivity index (χ0v) is 20.1. The van der Waals surface area contributed by atoms with E-state index in [1.165, 1.54) is 48.8 Å². The molecule has 0 atom stereocenters. The van der Waals surface area contributed by atoms with Crippen molar-refractivity contribution in [1.29, 1.82) is 0 Å². The van der Waals surface area contributed by atoms with Crippen LogP contribution in [0.5, 0.6) is 5.75 Å². The third-order valence-corrected chi connectivity index (χ3v) is 8.31. The van der Waals surface area contributed by atoms with Crippen molar-refractivity contribution in [3.05, 3.63) is 83.2 Å². The number of benzene rings is 2. The molecule has 176 valence electrons. The summed E-state index contributed by atoms with van der Waals surface area (Å²) in [5, 5.41) is 3.47. The minimum Gasteiger partial charge on any atom is -0.487 e. The van der Waals surface area contributed by atoms with Crippen LogP contribution in [-0.2, 0) is 12.0 Å². The van der Waals surface area contributed by atoms with E-state index in [2.05, 4.69) is 70.7 Å². The van der Waals surface area contributed by atoms with Gasteiger partial charge in [0.2, 0.25) is 5.95 Å². The molecule has 0 radical (unpaired) electrons. The summed E-state index contributed by atoms with van der Waals surface area (Å²) in [7, 11) is 0. The van der Waals surface area contributed by atoms with E-state index in [1.807, 2.05) is 12.3 Å². The molecule has 0 unspecified atom stereocenters. The van der Waals surface area contributed by atoms with E-state index in [0.717, 1.165) is 43.6 Å². The molecule has 0 amide bonds. The second kappa shape index (κ2) is 8.70. The third kappa shape index (κ3) is 3.96. The smallest absolute Gasteiger partial charge is 0.225 e. The molecule has 5 heteroatoms. The quantitative estimate of drug-likeness (QED) is 0.567. The van der Waals surface area contributed by atoms with Gasteiger partial charge in [-0.1, -0.05) is 48.4 Å². The Kier molecular flexibility index (Phi) is 5.53. The Hall–Kier alpha value is -2.92. The van der Waals surface area contributed by atoms with Crippen LogP contribution in [0.4, 0.5) is 5.95 Å². The van der Waals surface area contributed by atoms with E-state index >= 15 is 0 Å². The highest BCUT2D eigenvalue weighted by Gasteiger charge is 2.44. The normalized spacial score (nSPS) is 20.4. The molecule has 2 saturated heterocycles. The molecule has 1 spiro atoms. The third-order valence-electron chi connectivity index (χ3n) is 8.31. The molecule has 1 aromatic heterocycles. The summed E-state index contributed by atoms with van der Waals surface area (Å²) in [5.41, 5.74) is 5.70. The first-order valence-corrected chi connectivity index (χ1v) is 12.7. The maximum absolute atomic E-state index is 6.11. The van der Waals surface area contributed by atoms with Crippen LogP contribution < -0.4 is 15.0 Å². The molecule has 6 rings (SSSR count). The Labute approximate surface area is 202 Å². The van der Waals surface area contributed by atoms with Crippen molar-refractivity contribution in [2.45, 2.75) is 51.0 Å². The van der Waals surface area contributed by atoms with Gasteiger partial charge in [0, 0.05) is 30.1 Å². The molecular formula is C29H34N4O. The van der Waals surface area contributed by atoms with Crippen LogP contribution in [0.2, 0.25) is 0 Å². The Morgan fingerprint density at radius 3 is 2.21 bits per heavy atom. The first-order chi connectivity index (χ1) is 16.6. The summed E-state index contributed by atoms with van der Waals surface area (Å²) < 4.78 is 6.11. The van der Waals surface area contributed by atoms with Crippen LogP contribution in [0.25, 0.3) is 0 Å². The topological polar surface area (TPSA) is 50.3 Å². The first kappa shape index (κ1) is 21.6. The number of nitrogens with zero attached hydrogens (tertiary/aromatic N) is 3. The molecule has 34 heavy (non-hydrogen) atoms. The number of nitrogens with one attached hydrogen (secondary N) is 1. The molecule has 5 nitrogen and oxygen atoms in total. The summed E-state index contributed by atoms with van der Waals surface area (Å²) >= 11 is 0. The van der Waals surface area contributed by atoms with Gasteiger partial charge in [0.1, 0.15) is 12.4 Å². The predicted octanol–water partition coefficient (Wildman–Crippen LogP) is 5.02. The number of aryl methyl sites for hydroxylation is 1. The molecule has 3 fully saturated rings. The Morgan fingerprint density at radius 2 is 1.56 bits per heavy atom. The Morgan fingerprint density at radius 1 is 0.882 bits per heavy atom. The van der Waals surface area contributed by atoms with Crippen LogP contribution >= 0.6 is 0 Å². The highest BCUT2D eigenvalue weighted by molar-refractivity contribution is 5.44. The average molecular weight is 455 g/mol. The standard InChI is InChI=1S/C29H34N4O/c1-22-3-5-23(6-4-22)29(12-2-13-29)24-7-9-26(10-8-24)34-19-25-11-16-31-27(32-25)33-20-28(21-33)14-17-30-18-15-28/h3-11,16,30H,2,12-15,17-21H2,1H3. The van der Waals surface area contributed by atoms with E-state index < -0.39 is 0 Å². The molecule has 3 aliphatic rings. The lowest BCUT2D eigenvalue weighted by atomic mass is 9.60. The van der Waals surface area contributed by atoms with Gasteiger partial charge in [-0.2, -0.15) is 0 Å². The highest BCUT2D eigenvalue weighted by Crippen LogP contribution is 2.49. The van der Waals surface area contributed by atoms with E-state index in [-0.39, 0.29) is 5.41 Å². The zero-order chi connectivity index (χ0) is 23.0. The fraction of sp³-hybridized carbons (Fsp3) is 0.448. The van der Waals surface area contributed by atoms with Crippen molar-refractivity contribution in [3.8, 4) is 5.75 Å². The van der Waals surface area contributed by atoms with E-state index in [0.29, 0.717) is 12.0 Å².